The van der Waals surface area contributed by atoms with Crippen LogP contribution in [0.4, 0.5) is 5.95 Å². The highest BCUT2D eigenvalue weighted by Gasteiger charge is 2.13. The molecule has 0 bridgehead atoms. The van der Waals surface area contributed by atoms with E-state index in [2.05, 4.69) is 25.2 Å². The van der Waals surface area contributed by atoms with Crippen molar-refractivity contribution in [3.63, 3.8) is 0 Å². The molecule has 0 atom stereocenters. The molecule has 0 fully saturated rings. The largest absolute Gasteiger partial charge is 0.291 e. The van der Waals surface area contributed by atoms with Crippen molar-refractivity contribution in [3.8, 4) is 0 Å². The van der Waals surface area contributed by atoms with Crippen LogP contribution in [0.1, 0.15) is 23.7 Å². The summed E-state index contributed by atoms with van der Waals surface area (Å²) < 4.78 is 27.5. The van der Waals surface area contributed by atoms with Crippen LogP contribution in [0.25, 0.3) is 0 Å². The zero-order valence-electron chi connectivity index (χ0n) is 16.0. The van der Waals surface area contributed by atoms with Gasteiger partial charge in [-0.2, -0.15) is 5.10 Å². The molecule has 29 heavy (non-hydrogen) atoms. The topological polar surface area (TPSA) is 116 Å². The predicted molar refractivity (Wildman–Crippen MR) is 112 cm³/mol. The Morgan fingerprint density at radius 1 is 1.10 bits per heavy atom. The Morgan fingerprint density at radius 3 is 2.45 bits per heavy atom. The van der Waals surface area contributed by atoms with Crippen LogP contribution in [0.15, 0.2) is 75.5 Å². The predicted octanol–water partition coefficient (Wildman–Crippen LogP) is 2.39. The van der Waals surface area contributed by atoms with Crippen molar-refractivity contribution in [3.05, 3.63) is 87.8 Å². The van der Waals surface area contributed by atoms with E-state index in [1.54, 1.807) is 26.0 Å². The molecule has 0 saturated carbocycles. The van der Waals surface area contributed by atoms with Crippen LogP contribution in [-0.2, 0) is 16.6 Å². The Labute approximate surface area is 168 Å². The Kier molecular flexibility index (Phi) is 6.20. The van der Waals surface area contributed by atoms with E-state index in [0.717, 1.165) is 11.1 Å². The summed E-state index contributed by atoms with van der Waals surface area (Å²) in [6, 6.07) is 17.1. The van der Waals surface area contributed by atoms with Gasteiger partial charge in [-0.15, -0.1) is 0 Å². The third-order valence-electron chi connectivity index (χ3n) is 4.09. The zero-order chi connectivity index (χ0) is 20.9. The normalized spacial score (nSPS) is 12.0. The highest BCUT2D eigenvalue weighted by Crippen LogP contribution is 2.12. The lowest BCUT2D eigenvalue weighted by atomic mass is 10.1. The molecule has 0 aliphatic rings. The fraction of sp³-hybridized carbons (Fsp3) is 0.150. The van der Waals surface area contributed by atoms with Gasteiger partial charge < -0.3 is 0 Å². The minimum atomic E-state index is -3.62. The summed E-state index contributed by atoms with van der Waals surface area (Å²) >= 11 is 0. The van der Waals surface area contributed by atoms with E-state index in [-0.39, 0.29) is 22.9 Å². The average Bonchev–Trinajstić information content (AvgIpc) is 2.71. The van der Waals surface area contributed by atoms with Gasteiger partial charge in [-0.25, -0.2) is 23.5 Å². The van der Waals surface area contributed by atoms with Crippen LogP contribution in [0.5, 0.6) is 0 Å². The number of aromatic nitrogens is 2. The molecule has 0 aliphatic heterocycles. The third-order valence-corrected chi connectivity index (χ3v) is 5.51. The fourth-order valence-corrected chi connectivity index (χ4v) is 3.58. The molecule has 3 aromatic rings. The van der Waals surface area contributed by atoms with E-state index in [1.165, 1.54) is 18.2 Å². The molecule has 1 aromatic heterocycles. The van der Waals surface area contributed by atoms with Crippen LogP contribution >= 0.6 is 0 Å². The van der Waals surface area contributed by atoms with Crippen molar-refractivity contribution in [2.75, 3.05) is 5.43 Å². The molecule has 0 spiro atoms. The van der Waals surface area contributed by atoms with E-state index < -0.39 is 10.0 Å². The molecule has 8 nitrogen and oxygen atoms in total. The summed E-state index contributed by atoms with van der Waals surface area (Å²) in [5.41, 5.74) is 5.21. The number of H-pyrrole nitrogens is 1. The second-order valence-corrected chi connectivity index (χ2v) is 8.15. The lowest BCUT2D eigenvalue weighted by Crippen LogP contribution is -2.23. The maximum absolute atomic E-state index is 12.5. The summed E-state index contributed by atoms with van der Waals surface area (Å²) in [6.45, 7) is 3.69. The molecule has 0 unspecified atom stereocenters. The Balaban J connectivity index is 1.69. The van der Waals surface area contributed by atoms with Gasteiger partial charge in [0.1, 0.15) is 0 Å². The van der Waals surface area contributed by atoms with Gasteiger partial charge in [0.25, 0.3) is 5.56 Å². The number of hydrazone groups is 1. The smallest absolute Gasteiger partial charge is 0.252 e. The minimum absolute atomic E-state index is 0.169. The Hall–Kier alpha value is -3.30. The van der Waals surface area contributed by atoms with Gasteiger partial charge in [-0.1, -0.05) is 42.5 Å². The monoisotopic (exact) mass is 411 g/mol. The molecule has 1 heterocycles. The van der Waals surface area contributed by atoms with Gasteiger partial charge in [-0.3, -0.25) is 9.78 Å². The quantitative estimate of drug-likeness (QED) is 0.408. The van der Waals surface area contributed by atoms with Crippen molar-refractivity contribution in [2.45, 2.75) is 25.3 Å². The first kappa shape index (κ1) is 20.4. The van der Waals surface area contributed by atoms with Gasteiger partial charge in [0.05, 0.1) is 10.6 Å². The number of aryl methyl sites for hydroxylation is 1. The SMILES string of the molecule is C/C(=N/Nc1nc(C)cc(=O)[nH]1)c1ccc(S(=O)(=O)NCc2ccccc2)cc1. The number of nitrogens with one attached hydrogen (secondary N) is 3. The number of rotatable bonds is 7. The molecule has 2 aromatic carbocycles. The first-order chi connectivity index (χ1) is 13.8. The van der Waals surface area contributed by atoms with Gasteiger partial charge in [0.15, 0.2) is 0 Å². The average molecular weight is 411 g/mol. The summed E-state index contributed by atoms with van der Waals surface area (Å²) in [5.74, 6) is 0.235. The Bertz CT molecular complexity index is 1170. The van der Waals surface area contributed by atoms with Crippen molar-refractivity contribution in [1.82, 2.24) is 14.7 Å². The number of hydrogen-bond donors (Lipinski definition) is 3. The maximum atomic E-state index is 12.5. The summed E-state index contributed by atoms with van der Waals surface area (Å²) in [7, 11) is -3.62. The minimum Gasteiger partial charge on any atom is -0.291 e. The van der Waals surface area contributed by atoms with E-state index in [1.807, 2.05) is 30.3 Å². The van der Waals surface area contributed by atoms with Crippen LogP contribution in [0.3, 0.4) is 0 Å². The summed E-state index contributed by atoms with van der Waals surface area (Å²) in [6.07, 6.45) is 0. The first-order valence-corrected chi connectivity index (χ1v) is 10.3. The second-order valence-electron chi connectivity index (χ2n) is 6.38. The zero-order valence-corrected chi connectivity index (χ0v) is 16.8. The standard InChI is InChI=1S/C20H21N5O3S/c1-14-12-19(26)23-20(22-14)25-24-15(2)17-8-10-18(11-9-17)29(27,28)21-13-16-6-4-3-5-7-16/h3-12,21H,13H2,1-2H3,(H2,22,23,25,26)/b24-15-. The number of hydrogen-bond acceptors (Lipinski definition) is 6. The number of anilines is 1. The highest BCUT2D eigenvalue weighted by molar-refractivity contribution is 7.89. The van der Waals surface area contributed by atoms with Gasteiger partial charge in [0.2, 0.25) is 16.0 Å². The van der Waals surface area contributed by atoms with Crippen molar-refractivity contribution >= 4 is 21.7 Å². The molecule has 9 heteroatoms. The van der Waals surface area contributed by atoms with E-state index >= 15 is 0 Å². The molecule has 3 rings (SSSR count). The molecule has 0 amide bonds. The van der Waals surface area contributed by atoms with Gasteiger partial charge in [0, 0.05) is 18.3 Å². The molecule has 0 saturated heterocycles. The molecular formula is C20H21N5O3S. The fourth-order valence-electron chi connectivity index (χ4n) is 2.57. The number of nitrogens with zero attached hydrogens (tertiary/aromatic N) is 2. The third kappa shape index (κ3) is 5.59. The maximum Gasteiger partial charge on any atom is 0.252 e. The van der Waals surface area contributed by atoms with E-state index in [9.17, 15) is 13.2 Å². The second kappa shape index (κ2) is 8.80. The lowest BCUT2D eigenvalue weighted by Gasteiger charge is -2.08. The van der Waals surface area contributed by atoms with Gasteiger partial charge >= 0.3 is 0 Å². The number of sulfonamides is 1. The van der Waals surface area contributed by atoms with Crippen molar-refractivity contribution in [2.24, 2.45) is 5.10 Å². The molecule has 3 N–H and O–H groups in total. The van der Waals surface area contributed by atoms with Crippen molar-refractivity contribution < 1.29 is 8.42 Å². The van der Waals surface area contributed by atoms with Crippen LogP contribution < -0.4 is 15.7 Å². The number of aromatic amines is 1. The molecule has 0 aliphatic carbocycles. The Morgan fingerprint density at radius 2 is 1.79 bits per heavy atom. The van der Waals surface area contributed by atoms with Gasteiger partial charge in [-0.05, 0) is 37.1 Å². The van der Waals surface area contributed by atoms with Crippen LogP contribution in [0, 0.1) is 6.92 Å². The highest BCUT2D eigenvalue weighted by atomic mass is 32.2. The summed E-state index contributed by atoms with van der Waals surface area (Å²) in [4.78, 5) is 18.3. The van der Waals surface area contributed by atoms with E-state index in [4.69, 9.17) is 0 Å². The van der Waals surface area contributed by atoms with Crippen molar-refractivity contribution in [1.29, 1.82) is 0 Å². The van der Waals surface area contributed by atoms with Crippen LogP contribution in [0.2, 0.25) is 0 Å². The van der Waals surface area contributed by atoms with E-state index in [0.29, 0.717) is 11.4 Å². The summed E-state index contributed by atoms with van der Waals surface area (Å²) in [5, 5.41) is 4.18. The molecule has 0 radical (unpaired) electrons. The lowest BCUT2D eigenvalue weighted by molar-refractivity contribution is 0.581. The molecular weight excluding hydrogens is 390 g/mol. The van der Waals surface area contributed by atoms with Crippen LogP contribution in [-0.4, -0.2) is 24.1 Å². The number of benzene rings is 2. The first-order valence-electron chi connectivity index (χ1n) is 8.86. The molecule has 150 valence electrons.